The van der Waals surface area contributed by atoms with Gasteiger partial charge in [-0.25, -0.2) is 9.97 Å². The Morgan fingerprint density at radius 2 is 1.75 bits per heavy atom. The summed E-state index contributed by atoms with van der Waals surface area (Å²) < 4.78 is 11.2. The minimum atomic E-state index is -1.12. The fourth-order valence-corrected chi connectivity index (χ4v) is 7.47. The highest BCUT2D eigenvalue weighted by molar-refractivity contribution is 6.24. The molecule has 7 amide bonds. The molecule has 2 aromatic carbocycles. The summed E-state index contributed by atoms with van der Waals surface area (Å²) in [6, 6.07) is 8.06. The number of aromatic nitrogens is 2. The lowest BCUT2D eigenvalue weighted by molar-refractivity contribution is -0.136. The molecule has 3 aliphatic rings. The van der Waals surface area contributed by atoms with Crippen LogP contribution in [0.3, 0.4) is 0 Å². The van der Waals surface area contributed by atoms with E-state index in [1.54, 1.807) is 36.3 Å². The lowest BCUT2D eigenvalue weighted by Gasteiger charge is -2.30. The lowest BCUT2D eigenvalue weighted by Crippen LogP contribution is -2.54. The number of hydrogen-bond donors (Lipinski definition) is 4. The van der Waals surface area contributed by atoms with Crippen LogP contribution in [0, 0.1) is 6.92 Å². The molecule has 0 spiro atoms. The fourth-order valence-electron chi connectivity index (χ4n) is 7.47. The van der Waals surface area contributed by atoms with E-state index in [2.05, 4.69) is 36.1 Å². The number of rotatable bonds is 17. The number of fused-ring (bicyclic) bond motifs is 1. The van der Waals surface area contributed by atoms with Gasteiger partial charge in [-0.3, -0.25) is 48.7 Å². The van der Waals surface area contributed by atoms with Crippen molar-refractivity contribution in [1.82, 2.24) is 35.7 Å². The van der Waals surface area contributed by atoms with E-state index in [0.717, 1.165) is 37.3 Å². The summed E-state index contributed by atoms with van der Waals surface area (Å²) in [6.45, 7) is 5.92. The van der Waals surface area contributed by atoms with E-state index >= 15 is 0 Å². The number of anilines is 3. The Hall–Kier alpha value is -6.43. The number of benzene rings is 2. The first-order valence-electron chi connectivity index (χ1n) is 19.7. The van der Waals surface area contributed by atoms with Crippen LogP contribution in [0.1, 0.15) is 88.6 Å². The Balaban J connectivity index is 0.928. The van der Waals surface area contributed by atoms with Crippen LogP contribution in [0.5, 0.6) is 11.5 Å². The number of hydrogen-bond acceptors (Lipinski definition) is 13. The van der Waals surface area contributed by atoms with Crippen molar-refractivity contribution in [1.29, 1.82) is 0 Å². The van der Waals surface area contributed by atoms with Gasteiger partial charge in [0, 0.05) is 32.1 Å². The minimum Gasteiger partial charge on any atom is -0.495 e. The van der Waals surface area contributed by atoms with Crippen LogP contribution in [-0.4, -0.2) is 120 Å². The van der Waals surface area contributed by atoms with Crippen LogP contribution in [0.4, 0.5) is 17.3 Å². The number of piperidine rings is 1. The number of nitrogens with zero attached hydrogens (tertiary/aromatic N) is 5. The summed E-state index contributed by atoms with van der Waals surface area (Å²) in [7, 11) is 3.24. The zero-order valence-electron chi connectivity index (χ0n) is 33.6. The third kappa shape index (κ3) is 9.49. The second-order valence-corrected chi connectivity index (χ2v) is 14.5. The molecule has 0 bridgehead atoms. The Morgan fingerprint density at radius 1 is 1.00 bits per heavy atom. The molecule has 6 rings (SSSR count). The molecule has 3 aliphatic heterocycles. The first-order valence-corrected chi connectivity index (χ1v) is 19.7. The molecular formula is C41H49N9O9. The van der Waals surface area contributed by atoms with Gasteiger partial charge < -0.3 is 30.3 Å². The summed E-state index contributed by atoms with van der Waals surface area (Å²) >= 11 is 0. The van der Waals surface area contributed by atoms with Gasteiger partial charge in [-0.2, -0.15) is 0 Å². The first-order chi connectivity index (χ1) is 28.4. The van der Waals surface area contributed by atoms with Crippen LogP contribution in [0.2, 0.25) is 0 Å². The Morgan fingerprint density at radius 3 is 2.44 bits per heavy atom. The third-order valence-corrected chi connectivity index (χ3v) is 10.6. The molecule has 2 fully saturated rings. The van der Waals surface area contributed by atoms with Gasteiger partial charge in [-0.1, -0.05) is 13.0 Å². The summed E-state index contributed by atoms with van der Waals surface area (Å²) in [5.74, 6) is -2.60. The normalized spacial score (nSPS) is 16.9. The monoisotopic (exact) mass is 811 g/mol. The van der Waals surface area contributed by atoms with Gasteiger partial charge in [0.15, 0.2) is 6.61 Å². The van der Waals surface area contributed by atoms with Crippen molar-refractivity contribution in [2.75, 3.05) is 57.2 Å². The third-order valence-electron chi connectivity index (χ3n) is 10.6. The molecule has 2 saturated heterocycles. The van der Waals surface area contributed by atoms with Gasteiger partial charge in [-0.05, 0) is 88.9 Å². The summed E-state index contributed by atoms with van der Waals surface area (Å²) in [5, 5.41) is 10.9. The van der Waals surface area contributed by atoms with E-state index in [4.69, 9.17) is 9.47 Å². The fraction of sp³-hybridized carbons (Fsp3) is 0.439. The van der Waals surface area contributed by atoms with Crippen molar-refractivity contribution in [2.24, 2.45) is 0 Å². The topological polar surface area (TPSA) is 222 Å². The highest BCUT2D eigenvalue weighted by Gasteiger charge is 2.46. The standard InChI is InChI=1S/C41H49N9O9/c1-5-28(49-19-8-9-20-49)39(56)48(3)30-22-44-41(45-24(30)2)46-27-14-13-25(21-32(27)58-4)36(53)43-18-7-6-17-42-34(52)23-59-31-12-10-11-26-35(31)40(57)50(38(26)55)29-15-16-33(51)47-37(29)54/h10-14,21-22,28-29H,5-9,15-20,23H2,1-4H3,(H,42,52)(H,43,53)(H,44,45,46)(H,47,51,54)/t28-,29?/m1/s1. The molecule has 59 heavy (non-hydrogen) atoms. The molecule has 1 unspecified atom stereocenters. The summed E-state index contributed by atoms with van der Waals surface area (Å²) in [4.78, 5) is 103. The Labute approximate surface area is 341 Å². The maximum Gasteiger partial charge on any atom is 0.266 e. The van der Waals surface area contributed by atoms with E-state index in [-0.39, 0.29) is 47.6 Å². The number of carbonyl (C=O) groups excluding carboxylic acids is 7. The van der Waals surface area contributed by atoms with Gasteiger partial charge in [-0.15, -0.1) is 0 Å². The van der Waals surface area contributed by atoms with Crippen molar-refractivity contribution in [3.05, 3.63) is 65.0 Å². The number of aryl methyl sites for hydroxylation is 1. The predicted octanol–water partition coefficient (Wildman–Crippen LogP) is 2.48. The van der Waals surface area contributed by atoms with Gasteiger partial charge in [0.2, 0.25) is 23.7 Å². The Bertz CT molecular complexity index is 2140. The maximum absolute atomic E-state index is 13.4. The molecule has 1 aromatic heterocycles. The van der Waals surface area contributed by atoms with Crippen molar-refractivity contribution >= 4 is 58.7 Å². The SMILES string of the molecule is CC[C@H](C(=O)N(C)c1cnc(Nc2ccc(C(=O)NCCCCNC(=O)COc3cccc4c3C(=O)N(C3CCC(=O)NC3=O)C4=O)cc2OC)nc1C)N1CCCC1. The molecule has 4 heterocycles. The van der Waals surface area contributed by atoms with Crippen LogP contribution in [-0.2, 0) is 19.2 Å². The average molecular weight is 812 g/mol. The number of nitrogens with one attached hydrogen (secondary N) is 4. The number of methoxy groups -OCH3 is 1. The molecule has 4 N–H and O–H groups in total. The Kier molecular flexibility index (Phi) is 13.5. The van der Waals surface area contributed by atoms with Crippen molar-refractivity contribution in [3.63, 3.8) is 0 Å². The second-order valence-electron chi connectivity index (χ2n) is 14.5. The molecule has 2 atom stereocenters. The van der Waals surface area contributed by atoms with E-state index in [0.29, 0.717) is 60.3 Å². The molecule has 0 aliphatic carbocycles. The highest BCUT2D eigenvalue weighted by atomic mass is 16.5. The molecule has 0 saturated carbocycles. The second kappa shape index (κ2) is 18.9. The number of unbranched alkanes of at least 4 members (excludes halogenated alkanes) is 1. The lowest BCUT2D eigenvalue weighted by atomic mass is 10.0. The number of ether oxygens (including phenoxy) is 2. The largest absolute Gasteiger partial charge is 0.495 e. The predicted molar refractivity (Wildman–Crippen MR) is 215 cm³/mol. The molecule has 18 nitrogen and oxygen atoms in total. The number of likely N-dealkylation sites (N-methyl/N-ethyl adjacent to an activating group) is 1. The van der Waals surface area contributed by atoms with Gasteiger partial charge in [0.05, 0.1) is 47.5 Å². The number of amides is 7. The van der Waals surface area contributed by atoms with Gasteiger partial charge >= 0.3 is 0 Å². The number of likely N-dealkylation sites (tertiary alicyclic amines) is 1. The van der Waals surface area contributed by atoms with Crippen molar-refractivity contribution < 1.29 is 43.0 Å². The van der Waals surface area contributed by atoms with E-state index in [1.807, 2.05) is 13.8 Å². The zero-order valence-corrected chi connectivity index (χ0v) is 33.6. The maximum atomic E-state index is 13.4. The molecular weight excluding hydrogens is 763 g/mol. The van der Waals surface area contributed by atoms with Crippen molar-refractivity contribution in [2.45, 2.75) is 70.9 Å². The number of carbonyl (C=O) groups is 7. The van der Waals surface area contributed by atoms with Crippen LogP contribution >= 0.6 is 0 Å². The van der Waals surface area contributed by atoms with Crippen LogP contribution in [0.15, 0.2) is 42.6 Å². The van der Waals surface area contributed by atoms with Crippen LogP contribution < -0.4 is 35.6 Å². The van der Waals surface area contributed by atoms with Crippen molar-refractivity contribution in [3.8, 4) is 11.5 Å². The summed E-state index contributed by atoms with van der Waals surface area (Å²) in [5.41, 5.74) is 2.19. The minimum absolute atomic E-state index is 0.00200. The molecule has 3 aromatic rings. The van der Waals surface area contributed by atoms with E-state index < -0.39 is 42.2 Å². The van der Waals surface area contributed by atoms with E-state index in [9.17, 15) is 33.6 Å². The highest BCUT2D eigenvalue weighted by Crippen LogP contribution is 2.34. The zero-order chi connectivity index (χ0) is 42.2. The molecule has 18 heteroatoms. The van der Waals surface area contributed by atoms with E-state index in [1.165, 1.54) is 25.3 Å². The smallest absolute Gasteiger partial charge is 0.266 e. The van der Waals surface area contributed by atoms with Gasteiger partial charge in [0.25, 0.3) is 23.6 Å². The molecule has 0 radical (unpaired) electrons. The molecule has 312 valence electrons. The average Bonchev–Trinajstić information content (AvgIpc) is 3.85. The van der Waals surface area contributed by atoms with Gasteiger partial charge in [0.1, 0.15) is 17.5 Å². The quantitative estimate of drug-likeness (QED) is 0.114. The summed E-state index contributed by atoms with van der Waals surface area (Å²) in [6.07, 6.45) is 5.68. The number of imide groups is 2. The first kappa shape index (κ1) is 42.2. The van der Waals surface area contributed by atoms with Crippen LogP contribution in [0.25, 0.3) is 0 Å².